The number of methoxy groups -OCH3 is 1. The van der Waals surface area contributed by atoms with Gasteiger partial charge in [-0.3, -0.25) is 0 Å². The maximum Gasteiger partial charge on any atom is 0.240 e. The lowest BCUT2D eigenvalue weighted by Gasteiger charge is -2.14. The molecule has 7 heteroatoms. The lowest BCUT2D eigenvalue weighted by molar-refractivity contribution is 0.183. The molecule has 0 fully saturated rings. The van der Waals surface area contributed by atoms with Gasteiger partial charge in [-0.2, -0.15) is 0 Å². The molecule has 1 atom stereocenters. The van der Waals surface area contributed by atoms with Gasteiger partial charge in [0.05, 0.1) is 18.1 Å². The predicted molar refractivity (Wildman–Crippen MR) is 101 cm³/mol. The van der Waals surface area contributed by atoms with Crippen LogP contribution in [-0.2, 0) is 17.1 Å². The van der Waals surface area contributed by atoms with E-state index in [1.807, 2.05) is 42.1 Å². The minimum atomic E-state index is -3.74. The van der Waals surface area contributed by atoms with Crippen LogP contribution in [0.5, 0.6) is 5.75 Å². The molecule has 0 saturated heterocycles. The zero-order chi connectivity index (χ0) is 18.9. The van der Waals surface area contributed by atoms with E-state index in [4.69, 9.17) is 4.74 Å². The molecule has 3 rings (SSSR count). The van der Waals surface area contributed by atoms with Crippen molar-refractivity contribution < 1.29 is 18.3 Å². The Labute approximate surface area is 153 Å². The van der Waals surface area contributed by atoms with Crippen molar-refractivity contribution in [2.75, 3.05) is 13.7 Å². The molecular formula is C19H22N2O4S. The van der Waals surface area contributed by atoms with Crippen molar-refractivity contribution in [2.24, 2.45) is 7.05 Å². The molecule has 1 aromatic heterocycles. The molecule has 0 aliphatic heterocycles. The topological polar surface area (TPSA) is 80.6 Å². The first kappa shape index (κ1) is 18.4. The molecule has 0 aliphatic rings. The van der Waals surface area contributed by atoms with Crippen LogP contribution in [0, 0.1) is 6.92 Å². The standard InChI is InChI=1S/C19H22N2O4S/c1-13-10-14(25-3)8-9-19(13)26(23,24)20-11-18(22)16-12-21(2)17-7-5-4-6-15(16)17/h4-10,12,18,20,22H,11H2,1-3H3/t18-/m0/s1. The summed E-state index contributed by atoms with van der Waals surface area (Å²) >= 11 is 0. The SMILES string of the molecule is COc1ccc(S(=O)(=O)NC[C@H](O)c2cn(C)c3ccccc23)c(C)c1. The van der Waals surface area contributed by atoms with E-state index in [9.17, 15) is 13.5 Å². The van der Waals surface area contributed by atoms with Gasteiger partial charge in [-0.25, -0.2) is 13.1 Å². The van der Waals surface area contributed by atoms with Crippen molar-refractivity contribution in [3.63, 3.8) is 0 Å². The van der Waals surface area contributed by atoms with E-state index in [1.165, 1.54) is 13.2 Å². The summed E-state index contributed by atoms with van der Waals surface area (Å²) in [4.78, 5) is 0.170. The molecule has 6 nitrogen and oxygen atoms in total. The molecule has 0 aliphatic carbocycles. The molecule has 26 heavy (non-hydrogen) atoms. The molecule has 0 bridgehead atoms. The van der Waals surface area contributed by atoms with Crippen LogP contribution in [0.4, 0.5) is 0 Å². The molecule has 138 valence electrons. The van der Waals surface area contributed by atoms with Gasteiger partial charge >= 0.3 is 0 Å². The van der Waals surface area contributed by atoms with Crippen LogP contribution in [0.3, 0.4) is 0 Å². The largest absolute Gasteiger partial charge is 0.497 e. The Balaban J connectivity index is 1.81. The quantitative estimate of drug-likeness (QED) is 0.695. The molecule has 1 heterocycles. The molecule has 3 aromatic rings. The minimum Gasteiger partial charge on any atom is -0.497 e. The summed E-state index contributed by atoms with van der Waals surface area (Å²) < 4.78 is 34.7. The molecule has 0 saturated carbocycles. The van der Waals surface area contributed by atoms with Gasteiger partial charge in [0.25, 0.3) is 0 Å². The second-order valence-electron chi connectivity index (χ2n) is 6.21. The van der Waals surface area contributed by atoms with E-state index in [2.05, 4.69) is 4.72 Å². The minimum absolute atomic E-state index is 0.109. The van der Waals surface area contributed by atoms with Gasteiger partial charge in [0, 0.05) is 36.3 Å². The number of aryl methyl sites for hydroxylation is 2. The Hall–Kier alpha value is -2.35. The predicted octanol–water partition coefficient (Wildman–Crippen LogP) is 2.51. The molecule has 0 radical (unpaired) electrons. The monoisotopic (exact) mass is 374 g/mol. The van der Waals surface area contributed by atoms with Crippen molar-refractivity contribution in [1.82, 2.24) is 9.29 Å². The third kappa shape index (κ3) is 3.46. The number of para-hydroxylation sites is 1. The Morgan fingerprint density at radius 2 is 1.96 bits per heavy atom. The van der Waals surface area contributed by atoms with Crippen molar-refractivity contribution in [3.05, 3.63) is 59.8 Å². The molecule has 0 unspecified atom stereocenters. The highest BCUT2D eigenvalue weighted by atomic mass is 32.2. The fourth-order valence-corrected chi connectivity index (χ4v) is 4.33. The first-order valence-corrected chi connectivity index (χ1v) is 9.68. The average Bonchev–Trinajstić information content (AvgIpc) is 2.96. The number of aromatic nitrogens is 1. The van der Waals surface area contributed by atoms with Gasteiger partial charge in [0.2, 0.25) is 10.0 Å². The van der Waals surface area contributed by atoms with E-state index in [-0.39, 0.29) is 11.4 Å². The van der Waals surface area contributed by atoms with Crippen molar-refractivity contribution >= 4 is 20.9 Å². The highest BCUT2D eigenvalue weighted by Gasteiger charge is 2.21. The molecule has 0 amide bonds. The van der Waals surface area contributed by atoms with Gasteiger partial charge in [0.15, 0.2) is 0 Å². The summed E-state index contributed by atoms with van der Waals surface area (Å²) in [5, 5.41) is 11.4. The number of fused-ring (bicyclic) bond motifs is 1. The second kappa shape index (κ2) is 7.11. The van der Waals surface area contributed by atoms with E-state index in [0.717, 1.165) is 10.9 Å². The normalized spacial score (nSPS) is 13.1. The number of ether oxygens (including phenoxy) is 1. The molecular weight excluding hydrogens is 352 g/mol. The van der Waals surface area contributed by atoms with E-state index in [0.29, 0.717) is 16.9 Å². The van der Waals surface area contributed by atoms with Gasteiger partial charge in [-0.15, -0.1) is 0 Å². The lowest BCUT2D eigenvalue weighted by atomic mass is 10.1. The van der Waals surface area contributed by atoms with E-state index in [1.54, 1.807) is 19.1 Å². The van der Waals surface area contributed by atoms with Crippen LogP contribution in [0.2, 0.25) is 0 Å². The Bertz CT molecular complexity index is 1040. The smallest absolute Gasteiger partial charge is 0.240 e. The fourth-order valence-electron chi connectivity index (χ4n) is 3.07. The summed E-state index contributed by atoms with van der Waals surface area (Å²) in [6, 6.07) is 12.4. The zero-order valence-corrected chi connectivity index (χ0v) is 15.7. The number of hydrogen-bond acceptors (Lipinski definition) is 4. The van der Waals surface area contributed by atoms with Crippen molar-refractivity contribution in [2.45, 2.75) is 17.9 Å². The number of rotatable bonds is 6. The van der Waals surface area contributed by atoms with Gasteiger partial charge in [0.1, 0.15) is 5.75 Å². The summed E-state index contributed by atoms with van der Waals surface area (Å²) in [7, 11) is -0.316. The fraction of sp³-hybridized carbons (Fsp3) is 0.263. The summed E-state index contributed by atoms with van der Waals surface area (Å²) in [6.07, 6.45) is 0.872. The van der Waals surface area contributed by atoms with Crippen LogP contribution in [0.1, 0.15) is 17.2 Å². The second-order valence-corrected chi connectivity index (χ2v) is 7.95. The highest BCUT2D eigenvalue weighted by molar-refractivity contribution is 7.89. The summed E-state index contributed by atoms with van der Waals surface area (Å²) in [5.74, 6) is 0.595. The van der Waals surface area contributed by atoms with Crippen LogP contribution < -0.4 is 9.46 Å². The molecule has 2 aromatic carbocycles. The molecule has 0 spiro atoms. The van der Waals surface area contributed by atoms with E-state index < -0.39 is 16.1 Å². The van der Waals surface area contributed by atoms with Crippen LogP contribution in [-0.4, -0.2) is 31.7 Å². The van der Waals surface area contributed by atoms with Gasteiger partial charge in [-0.1, -0.05) is 18.2 Å². The van der Waals surface area contributed by atoms with Crippen LogP contribution >= 0.6 is 0 Å². The van der Waals surface area contributed by atoms with Crippen molar-refractivity contribution in [3.8, 4) is 5.75 Å². The summed E-state index contributed by atoms with van der Waals surface area (Å²) in [5.41, 5.74) is 2.25. The number of benzene rings is 2. The first-order chi connectivity index (χ1) is 12.3. The zero-order valence-electron chi connectivity index (χ0n) is 14.9. The molecule has 2 N–H and O–H groups in total. The Morgan fingerprint density at radius 3 is 2.65 bits per heavy atom. The third-order valence-electron chi connectivity index (χ3n) is 4.43. The maximum atomic E-state index is 12.6. The lowest BCUT2D eigenvalue weighted by Crippen LogP contribution is -2.29. The average molecular weight is 374 g/mol. The van der Waals surface area contributed by atoms with Gasteiger partial charge in [-0.05, 0) is 36.8 Å². The highest BCUT2D eigenvalue weighted by Crippen LogP contribution is 2.26. The number of nitrogens with one attached hydrogen (secondary N) is 1. The Kier molecular flexibility index (Phi) is 5.04. The first-order valence-electron chi connectivity index (χ1n) is 8.20. The number of aliphatic hydroxyl groups is 1. The number of aliphatic hydroxyl groups excluding tert-OH is 1. The van der Waals surface area contributed by atoms with Gasteiger partial charge < -0.3 is 14.4 Å². The number of sulfonamides is 1. The number of hydrogen-bond donors (Lipinski definition) is 2. The van der Waals surface area contributed by atoms with E-state index >= 15 is 0 Å². The third-order valence-corrected chi connectivity index (χ3v) is 6.01. The summed E-state index contributed by atoms with van der Waals surface area (Å²) in [6.45, 7) is 1.60. The van der Waals surface area contributed by atoms with Crippen LogP contribution in [0.15, 0.2) is 53.6 Å². The van der Waals surface area contributed by atoms with Crippen LogP contribution in [0.25, 0.3) is 10.9 Å². The Morgan fingerprint density at radius 1 is 1.23 bits per heavy atom. The van der Waals surface area contributed by atoms with Crippen molar-refractivity contribution in [1.29, 1.82) is 0 Å². The maximum absolute atomic E-state index is 12.6. The number of nitrogens with zero attached hydrogens (tertiary/aromatic N) is 1.